The monoisotopic (exact) mass is 242 g/mol. The molecule has 4 nitrogen and oxygen atoms in total. The molecule has 5 heteroatoms. The minimum absolute atomic E-state index is 0.159. The van der Waals surface area contributed by atoms with Crippen molar-refractivity contribution in [3.8, 4) is 0 Å². The summed E-state index contributed by atoms with van der Waals surface area (Å²) in [6.07, 6.45) is 0. The first kappa shape index (κ1) is 13.1. The molecule has 0 saturated heterocycles. The number of aromatic nitrogens is 1. The van der Waals surface area contributed by atoms with Gasteiger partial charge in [-0.15, -0.1) is 11.3 Å². The first-order valence-corrected chi connectivity index (χ1v) is 6.15. The number of carboxylic acid groups (broad SMARTS) is 1. The lowest BCUT2D eigenvalue weighted by Crippen LogP contribution is -2.30. The molecule has 0 saturated carbocycles. The Labute approximate surface area is 99.9 Å². The maximum absolute atomic E-state index is 10.8. The summed E-state index contributed by atoms with van der Waals surface area (Å²) in [6, 6.07) is 0.159. The number of aryl methyl sites for hydroxylation is 1. The number of aliphatic carboxylic acids is 1. The van der Waals surface area contributed by atoms with Gasteiger partial charge in [-0.25, -0.2) is 4.98 Å². The molecule has 0 aliphatic rings. The van der Waals surface area contributed by atoms with E-state index < -0.39 is 5.97 Å². The Morgan fingerprint density at radius 1 is 1.62 bits per heavy atom. The number of rotatable bonds is 5. The summed E-state index contributed by atoms with van der Waals surface area (Å²) in [4.78, 5) is 17.2. The number of hydrogen-bond acceptors (Lipinski definition) is 4. The summed E-state index contributed by atoms with van der Waals surface area (Å²) < 4.78 is 0. The molecule has 2 atom stereocenters. The summed E-state index contributed by atoms with van der Waals surface area (Å²) >= 11 is 1.62. The second kappa shape index (κ2) is 5.41. The van der Waals surface area contributed by atoms with Crippen LogP contribution in [-0.2, 0) is 4.79 Å². The van der Waals surface area contributed by atoms with Crippen LogP contribution in [0.4, 0.5) is 0 Å². The predicted molar refractivity (Wildman–Crippen MR) is 64.7 cm³/mol. The molecule has 1 N–H and O–H groups in total. The van der Waals surface area contributed by atoms with Gasteiger partial charge in [0.2, 0.25) is 0 Å². The van der Waals surface area contributed by atoms with Gasteiger partial charge in [0.25, 0.3) is 0 Å². The van der Waals surface area contributed by atoms with Crippen LogP contribution < -0.4 is 0 Å². The van der Waals surface area contributed by atoms with Crippen LogP contribution in [0.5, 0.6) is 0 Å². The fourth-order valence-electron chi connectivity index (χ4n) is 1.47. The fourth-order valence-corrected chi connectivity index (χ4v) is 2.17. The highest BCUT2D eigenvalue weighted by Gasteiger charge is 2.19. The molecule has 0 aliphatic carbocycles. The van der Waals surface area contributed by atoms with E-state index >= 15 is 0 Å². The molecule has 90 valence electrons. The SMILES string of the molecule is Cc1nc(C(C)N(C)CC(C)C(=O)O)cs1. The van der Waals surface area contributed by atoms with E-state index in [1.807, 2.05) is 31.2 Å². The van der Waals surface area contributed by atoms with E-state index in [9.17, 15) is 4.79 Å². The molecule has 0 aliphatic heterocycles. The van der Waals surface area contributed by atoms with Crippen molar-refractivity contribution in [3.63, 3.8) is 0 Å². The third kappa shape index (κ3) is 3.28. The molecule has 0 fully saturated rings. The second-order valence-corrected chi connectivity index (χ2v) is 5.21. The Kier molecular flexibility index (Phi) is 4.44. The highest BCUT2D eigenvalue weighted by Crippen LogP contribution is 2.21. The number of carboxylic acids is 1. The molecule has 1 aromatic rings. The van der Waals surface area contributed by atoms with E-state index in [1.165, 1.54) is 0 Å². The first-order valence-electron chi connectivity index (χ1n) is 5.27. The van der Waals surface area contributed by atoms with Gasteiger partial charge in [-0.05, 0) is 20.9 Å². The minimum atomic E-state index is -0.756. The van der Waals surface area contributed by atoms with Gasteiger partial charge in [0.1, 0.15) is 0 Å². The lowest BCUT2D eigenvalue weighted by molar-refractivity contribution is -0.141. The fraction of sp³-hybridized carbons (Fsp3) is 0.636. The zero-order valence-electron chi connectivity index (χ0n) is 10.1. The average Bonchev–Trinajstić information content (AvgIpc) is 2.63. The van der Waals surface area contributed by atoms with Crippen molar-refractivity contribution in [2.24, 2.45) is 5.92 Å². The van der Waals surface area contributed by atoms with Crippen molar-refractivity contribution in [1.29, 1.82) is 0 Å². The molecule has 0 aromatic carbocycles. The van der Waals surface area contributed by atoms with E-state index in [4.69, 9.17) is 5.11 Å². The molecule has 0 radical (unpaired) electrons. The third-order valence-electron chi connectivity index (χ3n) is 2.71. The molecule has 2 unspecified atom stereocenters. The topological polar surface area (TPSA) is 53.4 Å². The van der Waals surface area contributed by atoms with Gasteiger partial charge in [0.15, 0.2) is 0 Å². The number of nitrogens with zero attached hydrogens (tertiary/aromatic N) is 2. The molecule has 1 aromatic heterocycles. The van der Waals surface area contributed by atoms with Crippen LogP contribution in [0.15, 0.2) is 5.38 Å². The standard InChI is InChI=1S/C11H18N2O2S/c1-7(11(14)15)5-13(4)8(2)10-6-16-9(3)12-10/h6-8H,5H2,1-4H3,(H,14,15). The van der Waals surface area contributed by atoms with Crippen LogP contribution in [-0.4, -0.2) is 34.6 Å². The van der Waals surface area contributed by atoms with Gasteiger partial charge in [-0.1, -0.05) is 6.92 Å². The van der Waals surface area contributed by atoms with E-state index in [1.54, 1.807) is 18.3 Å². The lowest BCUT2D eigenvalue weighted by atomic mass is 10.1. The van der Waals surface area contributed by atoms with Crippen molar-refractivity contribution in [2.45, 2.75) is 26.8 Å². The molecular formula is C11H18N2O2S. The van der Waals surface area contributed by atoms with Gasteiger partial charge in [0, 0.05) is 18.0 Å². The number of hydrogen-bond donors (Lipinski definition) is 1. The summed E-state index contributed by atoms with van der Waals surface area (Å²) in [7, 11) is 1.93. The summed E-state index contributed by atoms with van der Waals surface area (Å²) in [5.74, 6) is -1.11. The van der Waals surface area contributed by atoms with Crippen molar-refractivity contribution in [2.75, 3.05) is 13.6 Å². The maximum atomic E-state index is 10.8. The summed E-state index contributed by atoms with van der Waals surface area (Å²) in [5, 5.41) is 11.9. The Bertz CT molecular complexity index is 365. The Hall–Kier alpha value is -0.940. The largest absolute Gasteiger partial charge is 0.481 e. The predicted octanol–water partition coefficient (Wildman–Crippen LogP) is 2.17. The number of thiazole rings is 1. The van der Waals surface area contributed by atoms with E-state index in [2.05, 4.69) is 4.98 Å². The minimum Gasteiger partial charge on any atom is -0.481 e. The Balaban J connectivity index is 2.60. The van der Waals surface area contributed by atoms with E-state index in [0.717, 1.165) is 10.7 Å². The third-order valence-corrected chi connectivity index (χ3v) is 3.50. The van der Waals surface area contributed by atoms with Gasteiger partial charge in [-0.3, -0.25) is 9.69 Å². The quantitative estimate of drug-likeness (QED) is 0.859. The van der Waals surface area contributed by atoms with Gasteiger partial charge >= 0.3 is 5.97 Å². The van der Waals surface area contributed by atoms with Crippen LogP contribution in [0.25, 0.3) is 0 Å². The number of carbonyl (C=O) groups is 1. The van der Waals surface area contributed by atoms with Crippen molar-refractivity contribution in [1.82, 2.24) is 9.88 Å². The highest BCUT2D eigenvalue weighted by molar-refractivity contribution is 7.09. The van der Waals surface area contributed by atoms with Gasteiger partial charge in [0.05, 0.1) is 16.6 Å². The van der Waals surface area contributed by atoms with E-state index in [-0.39, 0.29) is 12.0 Å². The van der Waals surface area contributed by atoms with Gasteiger partial charge in [-0.2, -0.15) is 0 Å². The highest BCUT2D eigenvalue weighted by atomic mass is 32.1. The maximum Gasteiger partial charge on any atom is 0.307 e. The molecule has 1 heterocycles. The molecule has 1 rings (SSSR count). The molecule has 0 bridgehead atoms. The van der Waals surface area contributed by atoms with Crippen molar-refractivity contribution in [3.05, 3.63) is 16.1 Å². The van der Waals surface area contributed by atoms with Crippen LogP contribution in [0.3, 0.4) is 0 Å². The molecule has 0 amide bonds. The van der Waals surface area contributed by atoms with Crippen molar-refractivity contribution >= 4 is 17.3 Å². The molecule has 0 spiro atoms. The van der Waals surface area contributed by atoms with Crippen LogP contribution in [0.2, 0.25) is 0 Å². The summed E-state index contributed by atoms with van der Waals surface area (Å²) in [5.41, 5.74) is 1.02. The first-order chi connectivity index (χ1) is 7.41. The normalized spacial score (nSPS) is 15.1. The lowest BCUT2D eigenvalue weighted by Gasteiger charge is -2.24. The van der Waals surface area contributed by atoms with Crippen molar-refractivity contribution < 1.29 is 9.90 Å². The summed E-state index contributed by atoms with van der Waals surface area (Å²) in [6.45, 7) is 6.27. The van der Waals surface area contributed by atoms with Crippen LogP contribution >= 0.6 is 11.3 Å². The van der Waals surface area contributed by atoms with Crippen LogP contribution in [0.1, 0.15) is 30.6 Å². The molecule has 16 heavy (non-hydrogen) atoms. The molecular weight excluding hydrogens is 224 g/mol. The Morgan fingerprint density at radius 3 is 2.69 bits per heavy atom. The second-order valence-electron chi connectivity index (χ2n) is 4.15. The smallest absolute Gasteiger partial charge is 0.307 e. The Morgan fingerprint density at radius 2 is 2.25 bits per heavy atom. The average molecular weight is 242 g/mol. The zero-order valence-corrected chi connectivity index (χ0v) is 10.9. The van der Waals surface area contributed by atoms with E-state index in [0.29, 0.717) is 6.54 Å². The van der Waals surface area contributed by atoms with Gasteiger partial charge < -0.3 is 5.11 Å². The zero-order chi connectivity index (χ0) is 12.3. The van der Waals surface area contributed by atoms with Crippen LogP contribution in [0, 0.1) is 12.8 Å².